The number of ketones is 1. The van der Waals surface area contributed by atoms with Crippen LogP contribution in [0.4, 0.5) is 5.69 Å². The lowest BCUT2D eigenvalue weighted by molar-refractivity contribution is -0.903. The number of Topliss-reactive ketones (excluding diaryl/α,β-unsaturated/α-hetero) is 1. The summed E-state index contributed by atoms with van der Waals surface area (Å²) < 4.78 is 0. The number of para-hydroxylation sites is 1. The average Bonchev–Trinajstić information content (AvgIpc) is 2.90. The second-order valence-corrected chi connectivity index (χ2v) is 8.95. The van der Waals surface area contributed by atoms with E-state index in [0.29, 0.717) is 17.8 Å². The van der Waals surface area contributed by atoms with Crippen molar-refractivity contribution in [3.63, 3.8) is 0 Å². The van der Waals surface area contributed by atoms with E-state index in [1.165, 1.54) is 11.3 Å². The molecule has 0 radical (unpaired) electrons. The number of piperidine rings is 1. The maximum absolute atomic E-state index is 13.5. The number of amides is 1. The molecular formula is C25H31N2O3+. The molecule has 1 amide bonds. The molecule has 2 N–H and O–H groups in total. The summed E-state index contributed by atoms with van der Waals surface area (Å²) in [6.07, 6.45) is 3.32. The van der Waals surface area contributed by atoms with Crippen molar-refractivity contribution in [2.75, 3.05) is 24.7 Å². The van der Waals surface area contributed by atoms with Crippen molar-refractivity contribution < 1.29 is 19.6 Å². The van der Waals surface area contributed by atoms with Crippen molar-refractivity contribution in [1.29, 1.82) is 0 Å². The summed E-state index contributed by atoms with van der Waals surface area (Å²) in [7, 11) is 0. The summed E-state index contributed by atoms with van der Waals surface area (Å²) in [5, 5.41) is 11.6. The molecule has 5 heteroatoms. The molecule has 0 spiro atoms. The number of quaternary nitrogens is 1. The Balaban J connectivity index is 1.66. The van der Waals surface area contributed by atoms with E-state index >= 15 is 0 Å². The van der Waals surface area contributed by atoms with E-state index in [1.807, 2.05) is 51.1 Å². The van der Waals surface area contributed by atoms with Crippen LogP contribution >= 0.6 is 0 Å². The number of nitrogens with zero attached hydrogens (tertiary/aromatic N) is 1. The van der Waals surface area contributed by atoms with Crippen molar-refractivity contribution in [3.05, 3.63) is 64.2 Å². The van der Waals surface area contributed by atoms with E-state index in [9.17, 15) is 14.7 Å². The molecule has 0 bridgehead atoms. The van der Waals surface area contributed by atoms with Gasteiger partial charge in [-0.25, -0.2) is 0 Å². The van der Waals surface area contributed by atoms with Gasteiger partial charge in [0.2, 0.25) is 0 Å². The minimum atomic E-state index is -1.81. The highest BCUT2D eigenvalue weighted by molar-refractivity contribution is 6.11. The van der Waals surface area contributed by atoms with Gasteiger partial charge in [0.05, 0.1) is 25.2 Å². The Morgan fingerprint density at radius 2 is 1.70 bits per heavy atom. The van der Waals surface area contributed by atoms with Crippen LogP contribution in [-0.4, -0.2) is 36.6 Å². The number of aryl methyl sites for hydroxylation is 3. The second-order valence-electron chi connectivity index (χ2n) is 8.95. The van der Waals surface area contributed by atoms with Gasteiger partial charge >= 0.3 is 0 Å². The smallest absolute Gasteiger partial charge is 0.268 e. The number of aliphatic hydroxyl groups is 1. The molecule has 1 atom stereocenters. The monoisotopic (exact) mass is 407 g/mol. The van der Waals surface area contributed by atoms with Gasteiger partial charge in [0.1, 0.15) is 0 Å². The van der Waals surface area contributed by atoms with Crippen LogP contribution in [-0.2, 0) is 10.4 Å². The Kier molecular flexibility index (Phi) is 5.51. The van der Waals surface area contributed by atoms with E-state index in [0.717, 1.165) is 48.3 Å². The van der Waals surface area contributed by atoms with E-state index < -0.39 is 5.60 Å². The Morgan fingerprint density at radius 3 is 2.37 bits per heavy atom. The number of nitrogens with one attached hydrogen (secondary N) is 1. The SMILES string of the molecule is Cc1cc(C)c(C(=O)C[C@@]2(O)C(=O)N(C[NH+]3CCCCC3)c3ccccc32)c(C)c1. The van der Waals surface area contributed by atoms with Gasteiger partial charge in [-0.05, 0) is 57.2 Å². The molecule has 0 saturated carbocycles. The van der Waals surface area contributed by atoms with Crippen molar-refractivity contribution in [1.82, 2.24) is 0 Å². The van der Waals surface area contributed by atoms with Crippen LogP contribution in [0.3, 0.4) is 0 Å². The van der Waals surface area contributed by atoms with Crippen molar-refractivity contribution in [2.24, 2.45) is 0 Å². The van der Waals surface area contributed by atoms with Crippen molar-refractivity contribution in [2.45, 2.75) is 52.1 Å². The number of likely N-dealkylation sites (tertiary alicyclic amines) is 1. The highest BCUT2D eigenvalue weighted by Gasteiger charge is 2.52. The summed E-state index contributed by atoms with van der Waals surface area (Å²) in [5.74, 6) is -0.569. The molecule has 0 aliphatic carbocycles. The second kappa shape index (κ2) is 7.97. The van der Waals surface area contributed by atoms with Crippen LogP contribution in [0.1, 0.15) is 58.3 Å². The molecule has 5 nitrogen and oxygen atoms in total. The largest absolute Gasteiger partial charge is 0.375 e. The summed E-state index contributed by atoms with van der Waals surface area (Å²) in [6, 6.07) is 11.3. The fourth-order valence-corrected chi connectivity index (χ4v) is 5.21. The lowest BCUT2D eigenvalue weighted by atomic mass is 9.85. The van der Waals surface area contributed by atoms with Crippen LogP contribution in [0.5, 0.6) is 0 Å². The van der Waals surface area contributed by atoms with Crippen LogP contribution in [0.15, 0.2) is 36.4 Å². The number of fused-ring (bicyclic) bond motifs is 1. The quantitative estimate of drug-likeness (QED) is 0.749. The zero-order chi connectivity index (χ0) is 21.5. The van der Waals surface area contributed by atoms with Gasteiger partial charge in [0.15, 0.2) is 18.1 Å². The molecule has 0 unspecified atom stereocenters. The molecule has 2 aliphatic heterocycles. The van der Waals surface area contributed by atoms with Crippen LogP contribution in [0.2, 0.25) is 0 Å². The number of hydrogen-bond donors (Lipinski definition) is 2. The first-order valence-corrected chi connectivity index (χ1v) is 10.9. The summed E-state index contributed by atoms with van der Waals surface area (Å²) in [4.78, 5) is 29.8. The molecule has 4 rings (SSSR count). The van der Waals surface area contributed by atoms with E-state index in [4.69, 9.17) is 0 Å². The lowest BCUT2D eigenvalue weighted by Gasteiger charge is -2.29. The summed E-state index contributed by atoms with van der Waals surface area (Å²) in [5.41, 5.74) is 2.93. The third kappa shape index (κ3) is 3.57. The van der Waals surface area contributed by atoms with Crippen molar-refractivity contribution in [3.8, 4) is 0 Å². The molecule has 2 aromatic carbocycles. The summed E-state index contributed by atoms with van der Waals surface area (Å²) in [6.45, 7) is 8.42. The minimum absolute atomic E-state index is 0.192. The standard InChI is InChI=1S/C25H30N2O3/c1-17-13-18(2)23(19(3)14-17)22(28)15-25(30)20-9-5-6-10-21(20)27(24(25)29)16-26-11-7-4-8-12-26/h5-6,9-10,13-14,30H,4,7-8,11-12,15-16H2,1-3H3/p+1/t25-/m0/s1. The first-order chi connectivity index (χ1) is 14.3. The highest BCUT2D eigenvalue weighted by atomic mass is 16.3. The number of rotatable bonds is 5. The average molecular weight is 408 g/mol. The number of carbonyl (C=O) groups is 2. The molecule has 2 heterocycles. The summed E-state index contributed by atoms with van der Waals surface area (Å²) >= 11 is 0. The first-order valence-electron chi connectivity index (χ1n) is 10.9. The van der Waals surface area contributed by atoms with Gasteiger partial charge < -0.3 is 10.0 Å². The Bertz CT molecular complexity index is 971. The van der Waals surface area contributed by atoms with Crippen LogP contribution < -0.4 is 9.80 Å². The van der Waals surface area contributed by atoms with Gasteiger partial charge in [0.25, 0.3) is 5.91 Å². The number of carbonyl (C=O) groups excluding carboxylic acids is 2. The fourth-order valence-electron chi connectivity index (χ4n) is 5.21. The maximum Gasteiger partial charge on any atom is 0.268 e. The molecule has 2 aliphatic rings. The molecule has 0 aromatic heterocycles. The van der Waals surface area contributed by atoms with Gasteiger partial charge in [-0.15, -0.1) is 0 Å². The number of hydrogen-bond acceptors (Lipinski definition) is 3. The zero-order valence-electron chi connectivity index (χ0n) is 18.1. The third-order valence-electron chi connectivity index (χ3n) is 6.55. The Labute approximate surface area is 178 Å². The van der Waals surface area contributed by atoms with Gasteiger partial charge in [-0.2, -0.15) is 0 Å². The topological polar surface area (TPSA) is 62.0 Å². The molecular weight excluding hydrogens is 376 g/mol. The van der Waals surface area contributed by atoms with Crippen LogP contribution in [0.25, 0.3) is 0 Å². The van der Waals surface area contributed by atoms with Crippen LogP contribution in [0, 0.1) is 20.8 Å². The molecule has 30 heavy (non-hydrogen) atoms. The molecule has 2 aromatic rings. The van der Waals surface area contributed by atoms with E-state index in [-0.39, 0.29) is 18.1 Å². The van der Waals surface area contributed by atoms with Gasteiger partial charge in [0, 0.05) is 11.1 Å². The van der Waals surface area contributed by atoms with E-state index in [2.05, 4.69) is 0 Å². The minimum Gasteiger partial charge on any atom is -0.375 e. The Hall–Kier alpha value is -2.50. The molecule has 158 valence electrons. The fraction of sp³-hybridized carbons (Fsp3) is 0.440. The molecule has 1 saturated heterocycles. The zero-order valence-corrected chi connectivity index (χ0v) is 18.1. The predicted octanol–water partition coefficient (Wildman–Crippen LogP) is 2.45. The van der Waals surface area contributed by atoms with Crippen molar-refractivity contribution >= 4 is 17.4 Å². The normalized spacial score (nSPS) is 21.7. The van der Waals surface area contributed by atoms with E-state index in [1.54, 1.807) is 11.0 Å². The highest BCUT2D eigenvalue weighted by Crippen LogP contribution is 2.42. The lowest BCUT2D eigenvalue weighted by Crippen LogP contribution is -3.14. The third-order valence-corrected chi connectivity index (χ3v) is 6.55. The predicted molar refractivity (Wildman–Crippen MR) is 117 cm³/mol. The number of benzene rings is 2. The first kappa shape index (κ1) is 20.8. The maximum atomic E-state index is 13.5. The van der Waals surface area contributed by atoms with Gasteiger partial charge in [-0.1, -0.05) is 35.9 Å². The molecule has 1 fully saturated rings. The number of anilines is 1. The van der Waals surface area contributed by atoms with Gasteiger partial charge in [-0.3, -0.25) is 14.5 Å². The Morgan fingerprint density at radius 1 is 1.07 bits per heavy atom.